The Balaban J connectivity index is 2.50. The van der Waals surface area contributed by atoms with Crippen molar-refractivity contribution in [1.82, 2.24) is 4.98 Å². The maximum absolute atomic E-state index is 8.52. The highest BCUT2D eigenvalue weighted by molar-refractivity contribution is 5.76. The summed E-state index contributed by atoms with van der Waals surface area (Å²) in [5.74, 6) is 5.33. The van der Waals surface area contributed by atoms with Crippen LogP contribution in [0.2, 0.25) is 0 Å². The van der Waals surface area contributed by atoms with Crippen LogP contribution in [0.25, 0.3) is 11.1 Å². The second-order valence-corrected chi connectivity index (χ2v) is 2.69. The second kappa shape index (κ2) is 3.40. The van der Waals surface area contributed by atoms with Gasteiger partial charge in [-0.05, 0) is 18.2 Å². The number of rotatable bonds is 0. The molecule has 14 heavy (non-hydrogen) atoms. The molecule has 0 bridgehead atoms. The van der Waals surface area contributed by atoms with E-state index in [-0.39, 0.29) is 12.6 Å². The van der Waals surface area contributed by atoms with Crippen molar-refractivity contribution in [3.05, 3.63) is 23.8 Å². The van der Waals surface area contributed by atoms with Crippen LogP contribution in [0.15, 0.2) is 22.6 Å². The fraction of sp³-hybridized carbons (Fsp3) is 0.100. The van der Waals surface area contributed by atoms with Crippen LogP contribution in [0, 0.1) is 11.8 Å². The fourth-order valence-corrected chi connectivity index (χ4v) is 1.16. The molecule has 4 nitrogen and oxygen atoms in total. The van der Waals surface area contributed by atoms with Gasteiger partial charge in [-0.3, -0.25) is 0 Å². The van der Waals surface area contributed by atoms with Crippen molar-refractivity contribution in [1.29, 1.82) is 0 Å². The van der Waals surface area contributed by atoms with E-state index in [1.807, 2.05) is 0 Å². The third-order valence-corrected chi connectivity index (χ3v) is 1.72. The molecule has 3 N–H and O–H groups in total. The highest BCUT2D eigenvalue weighted by atomic mass is 16.4. The van der Waals surface area contributed by atoms with Gasteiger partial charge >= 0.3 is 0 Å². The van der Waals surface area contributed by atoms with E-state index in [0.29, 0.717) is 11.1 Å². The minimum Gasteiger partial charge on any atom is -0.424 e. The Morgan fingerprint density at radius 3 is 3.14 bits per heavy atom. The van der Waals surface area contributed by atoms with Gasteiger partial charge in [-0.15, -0.1) is 0 Å². The lowest BCUT2D eigenvalue weighted by Crippen LogP contribution is -1.81. The summed E-state index contributed by atoms with van der Waals surface area (Å²) in [6.07, 6.45) is 0. The van der Waals surface area contributed by atoms with Gasteiger partial charge in [0.2, 0.25) is 0 Å². The maximum atomic E-state index is 8.52. The third kappa shape index (κ3) is 1.53. The monoisotopic (exact) mass is 188 g/mol. The summed E-state index contributed by atoms with van der Waals surface area (Å²) in [5.41, 5.74) is 7.47. The van der Waals surface area contributed by atoms with E-state index in [1.165, 1.54) is 0 Å². The molecule has 0 unspecified atom stereocenters. The molecule has 0 aliphatic heterocycles. The Bertz CT molecular complexity index is 520. The number of fused-ring (bicyclic) bond motifs is 1. The Morgan fingerprint density at radius 1 is 1.50 bits per heavy atom. The number of aliphatic hydroxyl groups excluding tert-OH is 1. The summed E-state index contributed by atoms with van der Waals surface area (Å²) in [6, 6.07) is 5.44. The molecule has 0 fully saturated rings. The van der Waals surface area contributed by atoms with Crippen LogP contribution in [-0.4, -0.2) is 16.7 Å². The lowest BCUT2D eigenvalue weighted by atomic mass is 10.2. The van der Waals surface area contributed by atoms with E-state index in [9.17, 15) is 0 Å². The SMILES string of the molecule is Nc1nc2cc(C#CCO)ccc2o1. The number of nitrogens with zero attached hydrogens (tertiary/aromatic N) is 1. The molecule has 1 aromatic carbocycles. The van der Waals surface area contributed by atoms with Crippen LogP contribution in [0.3, 0.4) is 0 Å². The first-order valence-corrected chi connectivity index (χ1v) is 4.05. The number of aromatic nitrogens is 1. The van der Waals surface area contributed by atoms with Crippen LogP contribution in [0.5, 0.6) is 0 Å². The zero-order chi connectivity index (χ0) is 9.97. The van der Waals surface area contributed by atoms with Gasteiger partial charge in [0.15, 0.2) is 5.58 Å². The molecule has 0 aliphatic rings. The molecule has 0 spiro atoms. The van der Waals surface area contributed by atoms with Gasteiger partial charge in [-0.2, -0.15) is 4.98 Å². The number of oxazole rings is 1. The van der Waals surface area contributed by atoms with Crippen molar-refractivity contribution in [2.75, 3.05) is 12.3 Å². The minimum atomic E-state index is -0.154. The summed E-state index contributed by atoms with van der Waals surface area (Å²) in [5, 5.41) is 8.52. The Hall–Kier alpha value is -1.99. The average molecular weight is 188 g/mol. The molecule has 0 atom stereocenters. The molecule has 1 heterocycles. The highest BCUT2D eigenvalue weighted by Crippen LogP contribution is 2.17. The summed E-state index contributed by atoms with van der Waals surface area (Å²) in [4.78, 5) is 3.96. The Labute approximate surface area is 80.4 Å². The van der Waals surface area contributed by atoms with Crippen LogP contribution in [0.4, 0.5) is 6.01 Å². The molecule has 4 heteroatoms. The minimum absolute atomic E-state index is 0.146. The number of nitrogen functional groups attached to an aromatic ring is 1. The predicted octanol–water partition coefficient (Wildman–Crippen LogP) is 0.754. The summed E-state index contributed by atoms with van der Waals surface area (Å²) < 4.78 is 5.10. The number of aliphatic hydroxyl groups is 1. The highest BCUT2D eigenvalue weighted by Gasteiger charge is 2.01. The van der Waals surface area contributed by atoms with E-state index in [0.717, 1.165) is 5.56 Å². The van der Waals surface area contributed by atoms with E-state index < -0.39 is 0 Å². The Kier molecular flexibility index (Phi) is 2.09. The van der Waals surface area contributed by atoms with Gasteiger partial charge in [0.05, 0.1) is 0 Å². The first-order valence-electron chi connectivity index (χ1n) is 4.05. The van der Waals surface area contributed by atoms with Crippen molar-refractivity contribution in [2.45, 2.75) is 0 Å². The summed E-state index contributed by atoms with van der Waals surface area (Å²) >= 11 is 0. The van der Waals surface area contributed by atoms with Crippen LogP contribution in [0.1, 0.15) is 5.56 Å². The van der Waals surface area contributed by atoms with Crippen molar-refractivity contribution in [2.24, 2.45) is 0 Å². The zero-order valence-corrected chi connectivity index (χ0v) is 7.32. The van der Waals surface area contributed by atoms with Gasteiger partial charge in [-0.25, -0.2) is 0 Å². The van der Waals surface area contributed by atoms with Gasteiger partial charge in [0, 0.05) is 5.56 Å². The smallest absolute Gasteiger partial charge is 0.292 e. The van der Waals surface area contributed by atoms with Crippen LogP contribution < -0.4 is 5.73 Å². The molecule has 70 valence electrons. The second-order valence-electron chi connectivity index (χ2n) is 2.69. The maximum Gasteiger partial charge on any atom is 0.292 e. The predicted molar refractivity (Wildman–Crippen MR) is 52.4 cm³/mol. The van der Waals surface area contributed by atoms with Crippen LogP contribution >= 0.6 is 0 Å². The summed E-state index contributed by atoms with van der Waals surface area (Å²) in [7, 11) is 0. The van der Waals surface area contributed by atoms with E-state index in [1.54, 1.807) is 18.2 Å². The normalized spacial score (nSPS) is 9.79. The van der Waals surface area contributed by atoms with Gasteiger partial charge in [-0.1, -0.05) is 11.8 Å². The molecule has 2 rings (SSSR count). The topological polar surface area (TPSA) is 72.3 Å². The zero-order valence-electron chi connectivity index (χ0n) is 7.32. The molecular formula is C10H8N2O2. The number of hydrogen-bond donors (Lipinski definition) is 2. The molecule has 2 aromatic rings. The molecule has 0 saturated heterocycles. The first kappa shape index (κ1) is 8.60. The van der Waals surface area contributed by atoms with Crippen molar-refractivity contribution < 1.29 is 9.52 Å². The van der Waals surface area contributed by atoms with Crippen LogP contribution in [-0.2, 0) is 0 Å². The van der Waals surface area contributed by atoms with Crippen molar-refractivity contribution in [3.8, 4) is 11.8 Å². The quantitative estimate of drug-likeness (QED) is 0.598. The Morgan fingerprint density at radius 2 is 2.36 bits per heavy atom. The van der Waals surface area contributed by atoms with Crippen molar-refractivity contribution in [3.63, 3.8) is 0 Å². The van der Waals surface area contributed by atoms with Gasteiger partial charge < -0.3 is 15.3 Å². The first-order chi connectivity index (χ1) is 6.79. The standard InChI is InChI=1S/C10H8N2O2/c11-10-12-8-6-7(2-1-5-13)3-4-9(8)14-10/h3-4,6,13H,5H2,(H2,11,12). The average Bonchev–Trinajstić information content (AvgIpc) is 2.54. The van der Waals surface area contributed by atoms with Gasteiger partial charge in [0.25, 0.3) is 6.01 Å². The molecule has 0 radical (unpaired) electrons. The largest absolute Gasteiger partial charge is 0.424 e. The van der Waals surface area contributed by atoms with E-state index >= 15 is 0 Å². The molecule has 0 aliphatic carbocycles. The lowest BCUT2D eigenvalue weighted by molar-refractivity contribution is 0.350. The summed E-state index contributed by atoms with van der Waals surface area (Å²) in [6.45, 7) is -0.154. The van der Waals surface area contributed by atoms with Gasteiger partial charge in [0.1, 0.15) is 12.1 Å². The van der Waals surface area contributed by atoms with E-state index in [2.05, 4.69) is 16.8 Å². The molecule has 0 saturated carbocycles. The number of anilines is 1. The third-order valence-electron chi connectivity index (χ3n) is 1.72. The number of nitrogens with two attached hydrogens (primary N) is 1. The van der Waals surface area contributed by atoms with E-state index in [4.69, 9.17) is 15.3 Å². The molecular weight excluding hydrogens is 180 g/mol. The molecule has 0 amide bonds. The van der Waals surface area contributed by atoms with Crippen molar-refractivity contribution >= 4 is 17.1 Å². The lowest BCUT2D eigenvalue weighted by Gasteiger charge is -1.88. The fourth-order valence-electron chi connectivity index (χ4n) is 1.16. The molecule has 1 aromatic heterocycles. The number of benzene rings is 1. The number of hydrogen-bond acceptors (Lipinski definition) is 4.